The first-order chi connectivity index (χ1) is 7.63. The van der Waals surface area contributed by atoms with Crippen LogP contribution in [0.2, 0.25) is 0 Å². The molecule has 0 aliphatic rings. The lowest BCUT2D eigenvalue weighted by atomic mass is 10.1. The summed E-state index contributed by atoms with van der Waals surface area (Å²) in [4.78, 5) is 0. The van der Waals surface area contributed by atoms with Gasteiger partial charge in [-0.15, -0.1) is 10.2 Å². The molecule has 1 aromatic carbocycles. The standard InChI is InChI=1S/C12H16N4/c1-4-16-9(3)14-15-12(16)10-5-6-11(13)8(2)7-10/h5-7H,4,13H2,1-3H3. The lowest BCUT2D eigenvalue weighted by Crippen LogP contribution is -2.00. The van der Waals surface area contributed by atoms with Crippen LogP contribution < -0.4 is 5.73 Å². The van der Waals surface area contributed by atoms with Crippen molar-refractivity contribution in [2.24, 2.45) is 0 Å². The topological polar surface area (TPSA) is 56.7 Å². The summed E-state index contributed by atoms with van der Waals surface area (Å²) in [5.74, 6) is 1.84. The molecule has 0 saturated heterocycles. The molecule has 0 saturated carbocycles. The second-order valence-corrected chi connectivity index (χ2v) is 3.89. The molecule has 84 valence electrons. The van der Waals surface area contributed by atoms with E-state index in [0.717, 1.165) is 35.0 Å². The normalized spacial score (nSPS) is 10.7. The highest BCUT2D eigenvalue weighted by Crippen LogP contribution is 2.22. The second-order valence-electron chi connectivity index (χ2n) is 3.89. The van der Waals surface area contributed by atoms with Gasteiger partial charge < -0.3 is 10.3 Å². The highest BCUT2D eigenvalue weighted by Gasteiger charge is 2.09. The molecule has 0 atom stereocenters. The SMILES string of the molecule is CCn1c(C)nnc1-c1ccc(N)c(C)c1. The summed E-state index contributed by atoms with van der Waals surface area (Å²) in [6, 6.07) is 5.94. The molecule has 2 N–H and O–H groups in total. The van der Waals surface area contributed by atoms with Crippen LogP contribution in [-0.4, -0.2) is 14.8 Å². The predicted molar refractivity (Wildman–Crippen MR) is 65.0 cm³/mol. The van der Waals surface area contributed by atoms with Crippen LogP contribution in [0.4, 0.5) is 5.69 Å². The fourth-order valence-corrected chi connectivity index (χ4v) is 1.79. The molecular weight excluding hydrogens is 200 g/mol. The molecule has 0 bridgehead atoms. The molecule has 4 heteroatoms. The number of benzene rings is 1. The zero-order chi connectivity index (χ0) is 11.7. The smallest absolute Gasteiger partial charge is 0.163 e. The third kappa shape index (κ3) is 1.66. The van der Waals surface area contributed by atoms with Gasteiger partial charge in [0, 0.05) is 17.8 Å². The van der Waals surface area contributed by atoms with Crippen molar-refractivity contribution in [3.63, 3.8) is 0 Å². The molecule has 1 heterocycles. The van der Waals surface area contributed by atoms with E-state index in [9.17, 15) is 0 Å². The summed E-state index contributed by atoms with van der Waals surface area (Å²) in [6.07, 6.45) is 0. The first kappa shape index (κ1) is 10.7. The highest BCUT2D eigenvalue weighted by molar-refractivity contribution is 5.62. The molecule has 2 aromatic rings. The minimum atomic E-state index is 0.808. The Morgan fingerprint density at radius 1 is 1.25 bits per heavy atom. The Labute approximate surface area is 95.1 Å². The van der Waals surface area contributed by atoms with Gasteiger partial charge in [-0.2, -0.15) is 0 Å². The Bertz CT molecular complexity index is 514. The number of hydrogen-bond acceptors (Lipinski definition) is 3. The van der Waals surface area contributed by atoms with Crippen molar-refractivity contribution in [3.05, 3.63) is 29.6 Å². The Hall–Kier alpha value is -1.84. The summed E-state index contributed by atoms with van der Waals surface area (Å²) in [5.41, 5.74) is 8.74. The van der Waals surface area contributed by atoms with Crippen molar-refractivity contribution < 1.29 is 0 Å². The molecule has 2 rings (SSSR count). The van der Waals surface area contributed by atoms with E-state index in [1.807, 2.05) is 32.0 Å². The molecule has 16 heavy (non-hydrogen) atoms. The zero-order valence-corrected chi connectivity index (χ0v) is 9.86. The average molecular weight is 216 g/mol. The summed E-state index contributed by atoms with van der Waals surface area (Å²) < 4.78 is 2.09. The number of nitrogens with two attached hydrogens (primary N) is 1. The lowest BCUT2D eigenvalue weighted by Gasteiger charge is -2.07. The van der Waals surface area contributed by atoms with Crippen molar-refractivity contribution >= 4 is 5.69 Å². The van der Waals surface area contributed by atoms with Crippen LogP contribution in [0.1, 0.15) is 18.3 Å². The third-order valence-corrected chi connectivity index (χ3v) is 2.78. The summed E-state index contributed by atoms with van der Waals surface area (Å²) in [5, 5.41) is 8.30. The summed E-state index contributed by atoms with van der Waals surface area (Å²) in [6.45, 7) is 6.92. The van der Waals surface area contributed by atoms with E-state index in [1.165, 1.54) is 0 Å². The van der Waals surface area contributed by atoms with Crippen LogP contribution >= 0.6 is 0 Å². The van der Waals surface area contributed by atoms with E-state index < -0.39 is 0 Å². The maximum Gasteiger partial charge on any atom is 0.163 e. The largest absolute Gasteiger partial charge is 0.399 e. The van der Waals surface area contributed by atoms with E-state index in [1.54, 1.807) is 0 Å². The predicted octanol–water partition coefficient (Wildman–Crippen LogP) is 2.16. The van der Waals surface area contributed by atoms with Crippen molar-refractivity contribution in [2.45, 2.75) is 27.3 Å². The first-order valence-corrected chi connectivity index (χ1v) is 5.39. The van der Waals surface area contributed by atoms with Gasteiger partial charge in [-0.3, -0.25) is 0 Å². The lowest BCUT2D eigenvalue weighted by molar-refractivity contribution is 0.737. The maximum absolute atomic E-state index is 5.80. The van der Waals surface area contributed by atoms with Gasteiger partial charge in [0.05, 0.1) is 0 Å². The third-order valence-electron chi connectivity index (χ3n) is 2.78. The van der Waals surface area contributed by atoms with Gasteiger partial charge in [0.1, 0.15) is 5.82 Å². The highest BCUT2D eigenvalue weighted by atomic mass is 15.3. The van der Waals surface area contributed by atoms with Crippen LogP contribution in [0.3, 0.4) is 0 Å². The monoisotopic (exact) mass is 216 g/mol. The Morgan fingerprint density at radius 3 is 2.62 bits per heavy atom. The van der Waals surface area contributed by atoms with Crippen LogP contribution in [0.15, 0.2) is 18.2 Å². The molecule has 0 aliphatic carbocycles. The van der Waals surface area contributed by atoms with Gasteiger partial charge >= 0.3 is 0 Å². The van der Waals surface area contributed by atoms with E-state index >= 15 is 0 Å². The van der Waals surface area contributed by atoms with Gasteiger partial charge in [-0.05, 0) is 44.5 Å². The van der Waals surface area contributed by atoms with Gasteiger partial charge in [-0.25, -0.2) is 0 Å². The van der Waals surface area contributed by atoms with Crippen molar-refractivity contribution in [3.8, 4) is 11.4 Å². The van der Waals surface area contributed by atoms with E-state index in [2.05, 4.69) is 21.7 Å². The maximum atomic E-state index is 5.80. The molecule has 1 aromatic heterocycles. The second kappa shape index (κ2) is 3.96. The molecule has 0 unspecified atom stereocenters. The number of hydrogen-bond donors (Lipinski definition) is 1. The average Bonchev–Trinajstić information content (AvgIpc) is 2.63. The fourth-order valence-electron chi connectivity index (χ4n) is 1.79. The van der Waals surface area contributed by atoms with Gasteiger partial charge in [0.2, 0.25) is 0 Å². The Balaban J connectivity index is 2.54. The van der Waals surface area contributed by atoms with E-state index in [4.69, 9.17) is 5.73 Å². The number of anilines is 1. The van der Waals surface area contributed by atoms with Crippen molar-refractivity contribution in [1.82, 2.24) is 14.8 Å². The Morgan fingerprint density at radius 2 is 2.00 bits per heavy atom. The molecule has 0 spiro atoms. The van der Waals surface area contributed by atoms with Gasteiger partial charge in [-0.1, -0.05) is 0 Å². The van der Waals surface area contributed by atoms with E-state index in [-0.39, 0.29) is 0 Å². The van der Waals surface area contributed by atoms with E-state index in [0.29, 0.717) is 0 Å². The van der Waals surface area contributed by atoms with Crippen LogP contribution in [0.5, 0.6) is 0 Å². The molecule has 0 amide bonds. The number of aromatic nitrogens is 3. The minimum Gasteiger partial charge on any atom is -0.399 e. The zero-order valence-electron chi connectivity index (χ0n) is 9.86. The molecule has 0 fully saturated rings. The number of nitrogens with zero attached hydrogens (tertiary/aromatic N) is 3. The van der Waals surface area contributed by atoms with Crippen LogP contribution in [0.25, 0.3) is 11.4 Å². The summed E-state index contributed by atoms with van der Waals surface area (Å²) >= 11 is 0. The Kier molecular flexibility index (Phi) is 2.64. The molecule has 0 radical (unpaired) electrons. The van der Waals surface area contributed by atoms with Gasteiger partial charge in [0.15, 0.2) is 5.82 Å². The molecule has 4 nitrogen and oxygen atoms in total. The van der Waals surface area contributed by atoms with Crippen LogP contribution in [0, 0.1) is 13.8 Å². The number of aryl methyl sites for hydroxylation is 2. The number of rotatable bonds is 2. The summed E-state index contributed by atoms with van der Waals surface area (Å²) in [7, 11) is 0. The quantitative estimate of drug-likeness (QED) is 0.783. The molecule has 0 aliphatic heterocycles. The van der Waals surface area contributed by atoms with Crippen molar-refractivity contribution in [1.29, 1.82) is 0 Å². The molecular formula is C12H16N4. The van der Waals surface area contributed by atoms with Crippen molar-refractivity contribution in [2.75, 3.05) is 5.73 Å². The van der Waals surface area contributed by atoms with Crippen LogP contribution in [-0.2, 0) is 6.54 Å². The fraction of sp³-hybridized carbons (Fsp3) is 0.333. The van der Waals surface area contributed by atoms with Gasteiger partial charge in [0.25, 0.3) is 0 Å². The number of nitrogen functional groups attached to an aromatic ring is 1. The minimum absolute atomic E-state index is 0.808. The first-order valence-electron chi connectivity index (χ1n) is 5.39.